The smallest absolute Gasteiger partial charge is 0.320 e. The Labute approximate surface area is 65.6 Å². The van der Waals surface area contributed by atoms with E-state index in [4.69, 9.17) is 16.1 Å². The third-order valence-electron chi connectivity index (χ3n) is 1.67. The van der Waals surface area contributed by atoms with Gasteiger partial charge in [0.15, 0.2) is 0 Å². The monoisotopic (exact) mass is 156 g/mol. The van der Waals surface area contributed by atoms with Crippen molar-refractivity contribution in [1.82, 2.24) is 0 Å². The fraction of sp³-hybridized carbons (Fsp3) is 0.714. The Balaban J connectivity index is 4.04. The summed E-state index contributed by atoms with van der Waals surface area (Å²) < 4.78 is 0. The van der Waals surface area contributed by atoms with Crippen LogP contribution in [0.5, 0.6) is 0 Å². The number of hydrogen-bond donors (Lipinski definition) is 2. The molecule has 0 aliphatic rings. The molecule has 62 valence electrons. The van der Waals surface area contributed by atoms with Crippen molar-refractivity contribution in [2.75, 3.05) is 0 Å². The van der Waals surface area contributed by atoms with Gasteiger partial charge in [0.05, 0.1) is 6.07 Å². The van der Waals surface area contributed by atoms with Gasteiger partial charge in [-0.1, -0.05) is 13.3 Å². The lowest BCUT2D eigenvalue weighted by Crippen LogP contribution is -2.37. The van der Waals surface area contributed by atoms with E-state index in [1.54, 1.807) is 0 Å². The predicted molar refractivity (Wildman–Crippen MR) is 39.6 cm³/mol. The number of nitrogens with two attached hydrogens (primary N) is 1. The van der Waals surface area contributed by atoms with Crippen LogP contribution < -0.4 is 5.73 Å². The molecule has 0 rings (SSSR count). The van der Waals surface area contributed by atoms with E-state index >= 15 is 0 Å². The lowest BCUT2D eigenvalue weighted by molar-refractivity contribution is -0.139. The summed E-state index contributed by atoms with van der Waals surface area (Å²) >= 11 is 0. The summed E-state index contributed by atoms with van der Waals surface area (Å²) in [6.45, 7) is 1.82. The summed E-state index contributed by atoms with van der Waals surface area (Å²) in [6, 6.07) is 1.01. The molecule has 3 N–H and O–H groups in total. The lowest BCUT2D eigenvalue weighted by Gasteiger charge is -2.14. The SMILES string of the molecule is CCC(CC#N)[C@H](N)C(=O)O. The van der Waals surface area contributed by atoms with Gasteiger partial charge in [0.2, 0.25) is 0 Å². The standard InChI is InChI=1S/C7H12N2O2/c1-2-5(3-4-8)6(9)7(10)11/h5-6H,2-3,9H2,1H3,(H,10,11)/t5?,6-/m0/s1. The van der Waals surface area contributed by atoms with Crippen LogP contribution >= 0.6 is 0 Å². The predicted octanol–water partition coefficient (Wildman–Crippen LogP) is 0.338. The van der Waals surface area contributed by atoms with Gasteiger partial charge in [-0.2, -0.15) is 5.26 Å². The number of hydrogen-bond acceptors (Lipinski definition) is 3. The van der Waals surface area contributed by atoms with Gasteiger partial charge >= 0.3 is 5.97 Å². The molecule has 0 bridgehead atoms. The Morgan fingerprint density at radius 1 is 1.82 bits per heavy atom. The van der Waals surface area contributed by atoms with Gasteiger partial charge in [0.1, 0.15) is 6.04 Å². The second-order valence-corrected chi connectivity index (χ2v) is 2.39. The highest BCUT2D eigenvalue weighted by Crippen LogP contribution is 2.10. The van der Waals surface area contributed by atoms with E-state index in [1.807, 2.05) is 13.0 Å². The van der Waals surface area contributed by atoms with Crippen LogP contribution in [-0.4, -0.2) is 17.1 Å². The normalized spacial score (nSPS) is 15.0. The summed E-state index contributed by atoms with van der Waals surface area (Å²) in [5, 5.41) is 16.8. The molecule has 0 amide bonds. The highest BCUT2D eigenvalue weighted by molar-refractivity contribution is 5.73. The molecule has 0 fully saturated rings. The first-order valence-corrected chi connectivity index (χ1v) is 3.48. The van der Waals surface area contributed by atoms with Gasteiger partial charge in [0.25, 0.3) is 0 Å². The van der Waals surface area contributed by atoms with Crippen LogP contribution in [0.1, 0.15) is 19.8 Å². The van der Waals surface area contributed by atoms with Crippen molar-refractivity contribution in [2.45, 2.75) is 25.8 Å². The zero-order valence-electron chi connectivity index (χ0n) is 6.45. The molecule has 0 radical (unpaired) electrons. The molecular weight excluding hydrogens is 144 g/mol. The molecule has 0 aromatic carbocycles. The molecule has 1 unspecified atom stereocenters. The van der Waals surface area contributed by atoms with Crippen molar-refractivity contribution >= 4 is 5.97 Å². The second kappa shape index (κ2) is 4.69. The lowest BCUT2D eigenvalue weighted by atomic mass is 9.95. The number of rotatable bonds is 4. The summed E-state index contributed by atoms with van der Waals surface area (Å²) in [6.07, 6.45) is 0.838. The summed E-state index contributed by atoms with van der Waals surface area (Å²) in [5.74, 6) is -1.26. The Hall–Kier alpha value is -1.08. The molecule has 11 heavy (non-hydrogen) atoms. The Morgan fingerprint density at radius 3 is 2.64 bits per heavy atom. The molecule has 0 heterocycles. The first-order chi connectivity index (χ1) is 5.13. The molecule has 0 saturated carbocycles. The van der Waals surface area contributed by atoms with Gasteiger partial charge in [-0.3, -0.25) is 4.79 Å². The molecule has 2 atom stereocenters. The fourth-order valence-corrected chi connectivity index (χ4v) is 0.844. The summed E-state index contributed by atoms with van der Waals surface area (Å²) in [7, 11) is 0. The van der Waals surface area contributed by atoms with E-state index in [9.17, 15) is 4.79 Å². The highest BCUT2D eigenvalue weighted by atomic mass is 16.4. The van der Waals surface area contributed by atoms with E-state index in [0.29, 0.717) is 6.42 Å². The van der Waals surface area contributed by atoms with Crippen molar-refractivity contribution in [2.24, 2.45) is 11.7 Å². The maximum absolute atomic E-state index is 10.3. The first kappa shape index (κ1) is 9.92. The number of aliphatic carboxylic acids is 1. The van der Waals surface area contributed by atoms with E-state index in [-0.39, 0.29) is 12.3 Å². The molecule has 0 spiro atoms. The minimum atomic E-state index is -1.04. The van der Waals surface area contributed by atoms with Crippen LogP contribution in [0.3, 0.4) is 0 Å². The first-order valence-electron chi connectivity index (χ1n) is 3.48. The zero-order valence-corrected chi connectivity index (χ0v) is 6.45. The fourth-order valence-electron chi connectivity index (χ4n) is 0.844. The average Bonchev–Trinajstić information content (AvgIpc) is 1.98. The van der Waals surface area contributed by atoms with Crippen LogP contribution in [0.25, 0.3) is 0 Å². The maximum atomic E-state index is 10.3. The number of carboxylic acids is 1. The van der Waals surface area contributed by atoms with Gasteiger partial charge in [-0.05, 0) is 5.92 Å². The maximum Gasteiger partial charge on any atom is 0.320 e. The van der Waals surface area contributed by atoms with Gasteiger partial charge in [-0.15, -0.1) is 0 Å². The molecule has 0 aliphatic carbocycles. The molecule has 0 aromatic rings. The Kier molecular flexibility index (Phi) is 4.23. The van der Waals surface area contributed by atoms with E-state index in [1.165, 1.54) is 0 Å². The van der Waals surface area contributed by atoms with Crippen molar-refractivity contribution < 1.29 is 9.90 Å². The quantitative estimate of drug-likeness (QED) is 0.614. The van der Waals surface area contributed by atoms with Crippen LogP contribution in [0.15, 0.2) is 0 Å². The summed E-state index contributed by atoms with van der Waals surface area (Å²) in [4.78, 5) is 10.3. The van der Waals surface area contributed by atoms with E-state index < -0.39 is 12.0 Å². The number of carboxylic acid groups (broad SMARTS) is 1. The zero-order chi connectivity index (χ0) is 8.85. The molecule has 0 aromatic heterocycles. The molecule has 0 aliphatic heterocycles. The Bertz CT molecular complexity index is 174. The number of carbonyl (C=O) groups is 1. The van der Waals surface area contributed by atoms with Crippen molar-refractivity contribution in [3.05, 3.63) is 0 Å². The minimum Gasteiger partial charge on any atom is -0.480 e. The van der Waals surface area contributed by atoms with Crippen LogP contribution in [0, 0.1) is 17.2 Å². The van der Waals surface area contributed by atoms with Crippen molar-refractivity contribution in [1.29, 1.82) is 5.26 Å². The third kappa shape index (κ3) is 3.01. The molecular formula is C7H12N2O2. The highest BCUT2D eigenvalue weighted by Gasteiger charge is 2.21. The molecule has 0 saturated heterocycles. The molecule has 4 nitrogen and oxygen atoms in total. The topological polar surface area (TPSA) is 87.1 Å². The largest absolute Gasteiger partial charge is 0.480 e. The van der Waals surface area contributed by atoms with Gasteiger partial charge < -0.3 is 10.8 Å². The molecule has 4 heteroatoms. The summed E-state index contributed by atoms with van der Waals surface area (Å²) in [5.41, 5.74) is 5.31. The number of nitrogens with zero attached hydrogens (tertiary/aromatic N) is 1. The Morgan fingerprint density at radius 2 is 2.36 bits per heavy atom. The van der Waals surface area contributed by atoms with E-state index in [0.717, 1.165) is 0 Å². The van der Waals surface area contributed by atoms with E-state index in [2.05, 4.69) is 0 Å². The van der Waals surface area contributed by atoms with Gasteiger partial charge in [-0.25, -0.2) is 0 Å². The average molecular weight is 156 g/mol. The van der Waals surface area contributed by atoms with Crippen molar-refractivity contribution in [3.63, 3.8) is 0 Å². The number of nitriles is 1. The van der Waals surface area contributed by atoms with Crippen LogP contribution in [-0.2, 0) is 4.79 Å². The van der Waals surface area contributed by atoms with Crippen LogP contribution in [0.2, 0.25) is 0 Å². The van der Waals surface area contributed by atoms with Crippen molar-refractivity contribution in [3.8, 4) is 6.07 Å². The third-order valence-corrected chi connectivity index (χ3v) is 1.67. The van der Waals surface area contributed by atoms with Crippen LogP contribution in [0.4, 0.5) is 0 Å². The second-order valence-electron chi connectivity index (χ2n) is 2.39. The minimum absolute atomic E-state index is 0.212. The van der Waals surface area contributed by atoms with Gasteiger partial charge in [0, 0.05) is 6.42 Å².